The first-order valence-electron chi connectivity index (χ1n) is 3.90. The molecule has 0 spiro atoms. The summed E-state index contributed by atoms with van der Waals surface area (Å²) in [5.74, 6) is 1.58. The van der Waals surface area contributed by atoms with Crippen LogP contribution < -0.4 is 4.74 Å². The van der Waals surface area contributed by atoms with Crippen LogP contribution in [-0.2, 0) is 5.75 Å². The quantitative estimate of drug-likeness (QED) is 0.825. The van der Waals surface area contributed by atoms with Crippen molar-refractivity contribution in [1.29, 1.82) is 0 Å². The third-order valence-corrected chi connectivity index (χ3v) is 3.07. The Labute approximate surface area is 101 Å². The van der Waals surface area contributed by atoms with E-state index < -0.39 is 0 Å². The number of halogens is 2. The van der Waals surface area contributed by atoms with Crippen molar-refractivity contribution in [2.24, 2.45) is 0 Å². The van der Waals surface area contributed by atoms with Gasteiger partial charge in [-0.15, -0.1) is 0 Å². The Balaban J connectivity index is 3.07. The highest BCUT2D eigenvalue weighted by Crippen LogP contribution is 2.35. The lowest BCUT2D eigenvalue weighted by molar-refractivity contribution is 0.336. The summed E-state index contributed by atoms with van der Waals surface area (Å²) in [7, 11) is 0. The standard InChI is InChI=1S/C9H10Br2OS/c1-2-12-9-7(10)3-6(5-13)4-8(9)11/h3-4,13H,2,5H2,1H3. The maximum absolute atomic E-state index is 5.45. The second-order valence-corrected chi connectivity index (χ2v) is 4.50. The Morgan fingerprint density at radius 1 is 1.31 bits per heavy atom. The lowest BCUT2D eigenvalue weighted by Crippen LogP contribution is -1.94. The third-order valence-electron chi connectivity index (χ3n) is 1.53. The summed E-state index contributed by atoms with van der Waals surface area (Å²) in [4.78, 5) is 0. The van der Waals surface area contributed by atoms with Crippen LogP contribution in [-0.4, -0.2) is 6.61 Å². The summed E-state index contributed by atoms with van der Waals surface area (Å²) < 4.78 is 7.38. The largest absolute Gasteiger partial charge is 0.492 e. The van der Waals surface area contributed by atoms with Crippen LogP contribution in [0.1, 0.15) is 12.5 Å². The van der Waals surface area contributed by atoms with E-state index in [1.54, 1.807) is 0 Å². The fourth-order valence-corrected chi connectivity index (χ4v) is 2.68. The molecule has 0 radical (unpaired) electrons. The highest BCUT2D eigenvalue weighted by Gasteiger charge is 2.07. The van der Waals surface area contributed by atoms with Crippen molar-refractivity contribution in [2.75, 3.05) is 6.61 Å². The molecule has 0 aromatic heterocycles. The fraction of sp³-hybridized carbons (Fsp3) is 0.333. The SMILES string of the molecule is CCOc1c(Br)cc(CS)cc1Br. The molecule has 0 aliphatic carbocycles. The van der Waals surface area contributed by atoms with Crippen molar-refractivity contribution >= 4 is 44.5 Å². The van der Waals surface area contributed by atoms with E-state index in [9.17, 15) is 0 Å². The van der Waals surface area contributed by atoms with Crippen molar-refractivity contribution in [3.05, 3.63) is 26.6 Å². The average Bonchev–Trinajstić information content (AvgIpc) is 2.11. The minimum Gasteiger partial charge on any atom is -0.492 e. The smallest absolute Gasteiger partial charge is 0.147 e. The van der Waals surface area contributed by atoms with Crippen LogP contribution in [0.3, 0.4) is 0 Å². The summed E-state index contributed by atoms with van der Waals surface area (Å²) >= 11 is 11.1. The van der Waals surface area contributed by atoms with Gasteiger partial charge in [0, 0.05) is 5.75 Å². The molecule has 0 saturated carbocycles. The zero-order chi connectivity index (χ0) is 9.84. The minimum absolute atomic E-state index is 0.664. The van der Waals surface area contributed by atoms with Crippen molar-refractivity contribution in [2.45, 2.75) is 12.7 Å². The molecule has 0 heterocycles. The van der Waals surface area contributed by atoms with Gasteiger partial charge in [0.2, 0.25) is 0 Å². The zero-order valence-electron chi connectivity index (χ0n) is 7.18. The van der Waals surface area contributed by atoms with E-state index in [-0.39, 0.29) is 0 Å². The molecule has 0 atom stereocenters. The molecular weight excluding hydrogens is 316 g/mol. The zero-order valence-corrected chi connectivity index (χ0v) is 11.2. The van der Waals surface area contributed by atoms with Gasteiger partial charge >= 0.3 is 0 Å². The molecule has 0 bridgehead atoms. The van der Waals surface area contributed by atoms with Gasteiger partial charge in [0.25, 0.3) is 0 Å². The van der Waals surface area contributed by atoms with Crippen molar-refractivity contribution < 1.29 is 4.74 Å². The summed E-state index contributed by atoms with van der Waals surface area (Å²) in [6.07, 6.45) is 0. The van der Waals surface area contributed by atoms with Gasteiger partial charge < -0.3 is 4.74 Å². The fourth-order valence-electron chi connectivity index (χ4n) is 0.986. The molecule has 0 unspecified atom stereocenters. The van der Waals surface area contributed by atoms with Crippen LogP contribution in [0.2, 0.25) is 0 Å². The molecule has 0 N–H and O–H groups in total. The summed E-state index contributed by atoms with van der Waals surface area (Å²) in [5, 5.41) is 0. The van der Waals surface area contributed by atoms with E-state index >= 15 is 0 Å². The van der Waals surface area contributed by atoms with Crippen LogP contribution in [0.25, 0.3) is 0 Å². The predicted octanol–water partition coefficient (Wildman–Crippen LogP) is 4.04. The average molecular weight is 326 g/mol. The van der Waals surface area contributed by atoms with Crippen molar-refractivity contribution in [3.8, 4) is 5.75 Å². The molecule has 13 heavy (non-hydrogen) atoms. The summed E-state index contributed by atoms with van der Waals surface area (Å²) in [6, 6.07) is 4.03. The summed E-state index contributed by atoms with van der Waals surface area (Å²) in [6.45, 7) is 2.63. The van der Waals surface area contributed by atoms with E-state index in [0.717, 1.165) is 26.0 Å². The second-order valence-electron chi connectivity index (χ2n) is 2.48. The monoisotopic (exact) mass is 324 g/mol. The number of rotatable bonds is 3. The highest BCUT2D eigenvalue weighted by atomic mass is 79.9. The number of ether oxygens (including phenoxy) is 1. The maximum Gasteiger partial charge on any atom is 0.147 e. The maximum atomic E-state index is 5.45. The van der Waals surface area contributed by atoms with Crippen molar-refractivity contribution in [1.82, 2.24) is 0 Å². The molecule has 0 saturated heterocycles. The second kappa shape index (κ2) is 5.27. The molecular formula is C9H10Br2OS. The molecule has 1 aromatic carbocycles. The normalized spacial score (nSPS) is 10.2. The Bertz CT molecular complexity index is 279. The first-order valence-corrected chi connectivity index (χ1v) is 6.12. The van der Waals surface area contributed by atoms with E-state index in [4.69, 9.17) is 4.74 Å². The highest BCUT2D eigenvalue weighted by molar-refractivity contribution is 9.11. The third kappa shape index (κ3) is 2.89. The van der Waals surface area contributed by atoms with Gasteiger partial charge in [0.15, 0.2) is 0 Å². The number of hydrogen-bond donors (Lipinski definition) is 1. The van der Waals surface area contributed by atoms with Crippen LogP contribution in [0.4, 0.5) is 0 Å². The van der Waals surface area contributed by atoms with Crippen LogP contribution in [0.15, 0.2) is 21.1 Å². The van der Waals surface area contributed by atoms with Crippen LogP contribution in [0, 0.1) is 0 Å². The lowest BCUT2D eigenvalue weighted by Gasteiger charge is -2.09. The first kappa shape index (κ1) is 11.4. The van der Waals surface area contributed by atoms with E-state index in [0.29, 0.717) is 6.61 Å². The summed E-state index contributed by atoms with van der Waals surface area (Å²) in [5.41, 5.74) is 1.16. The molecule has 72 valence electrons. The van der Waals surface area contributed by atoms with Gasteiger partial charge in [-0.3, -0.25) is 0 Å². The molecule has 1 aromatic rings. The first-order chi connectivity index (χ1) is 6.19. The Morgan fingerprint density at radius 3 is 2.23 bits per heavy atom. The number of hydrogen-bond acceptors (Lipinski definition) is 2. The van der Waals surface area contributed by atoms with Gasteiger partial charge in [0.1, 0.15) is 5.75 Å². The molecule has 1 nitrogen and oxygen atoms in total. The van der Waals surface area contributed by atoms with Crippen molar-refractivity contribution in [3.63, 3.8) is 0 Å². The van der Waals surface area contributed by atoms with E-state index in [1.165, 1.54) is 0 Å². The molecule has 4 heteroatoms. The Hall–Kier alpha value is 0.330. The Morgan fingerprint density at radius 2 is 1.85 bits per heavy atom. The predicted molar refractivity (Wildman–Crippen MR) is 65.7 cm³/mol. The van der Waals surface area contributed by atoms with E-state index in [1.807, 2.05) is 19.1 Å². The van der Waals surface area contributed by atoms with E-state index in [2.05, 4.69) is 44.5 Å². The molecule has 1 rings (SSSR count). The van der Waals surface area contributed by atoms with Gasteiger partial charge in [0.05, 0.1) is 15.6 Å². The van der Waals surface area contributed by atoms with Gasteiger partial charge in [-0.25, -0.2) is 0 Å². The topological polar surface area (TPSA) is 9.23 Å². The van der Waals surface area contributed by atoms with Crippen LogP contribution >= 0.6 is 44.5 Å². The van der Waals surface area contributed by atoms with Gasteiger partial charge in [-0.05, 0) is 56.5 Å². The lowest BCUT2D eigenvalue weighted by atomic mass is 10.2. The number of thiol groups is 1. The van der Waals surface area contributed by atoms with Crippen LogP contribution in [0.5, 0.6) is 5.75 Å². The Kier molecular flexibility index (Phi) is 4.62. The molecule has 0 aliphatic rings. The number of benzene rings is 1. The van der Waals surface area contributed by atoms with Gasteiger partial charge in [-0.2, -0.15) is 12.6 Å². The molecule has 0 amide bonds. The minimum atomic E-state index is 0.664. The molecule has 0 aliphatic heterocycles. The van der Waals surface area contributed by atoms with Gasteiger partial charge in [-0.1, -0.05) is 0 Å². The molecule has 0 fully saturated rings.